The van der Waals surface area contributed by atoms with E-state index < -0.39 is 0 Å². The lowest BCUT2D eigenvalue weighted by molar-refractivity contribution is 0.190. The first kappa shape index (κ1) is 15.6. The summed E-state index contributed by atoms with van der Waals surface area (Å²) in [5, 5.41) is 3.90. The van der Waals surface area contributed by atoms with Gasteiger partial charge in [-0.15, -0.1) is 0 Å². The zero-order chi connectivity index (χ0) is 15.4. The fourth-order valence-corrected chi connectivity index (χ4v) is 3.36. The number of rotatable bonds is 6. The average molecular weight is 323 g/mol. The molecule has 0 aliphatic heterocycles. The normalized spacial score (nSPS) is 16.3. The third kappa shape index (κ3) is 3.52. The molecule has 1 saturated carbocycles. The monoisotopic (exact) mass is 322 g/mol. The van der Waals surface area contributed by atoms with E-state index in [0.29, 0.717) is 11.3 Å². The molecule has 3 rings (SSSR count). The summed E-state index contributed by atoms with van der Waals surface area (Å²) in [5.41, 5.74) is 1.95. The second-order valence-corrected chi connectivity index (χ2v) is 6.25. The molecule has 1 aliphatic carbocycles. The molecule has 1 aliphatic rings. The Balaban J connectivity index is 1.87. The summed E-state index contributed by atoms with van der Waals surface area (Å²) in [7, 11) is 1.73. The first-order valence-corrected chi connectivity index (χ1v) is 8.43. The van der Waals surface area contributed by atoms with Crippen LogP contribution < -0.4 is 5.32 Å². The van der Waals surface area contributed by atoms with Crippen LogP contribution in [0.1, 0.15) is 38.5 Å². The Morgan fingerprint density at radius 1 is 1.32 bits per heavy atom. The zero-order valence-corrected chi connectivity index (χ0v) is 13.8. The Morgan fingerprint density at radius 2 is 2.14 bits per heavy atom. The molecule has 1 N–H and O–H groups in total. The van der Waals surface area contributed by atoms with Gasteiger partial charge in [0, 0.05) is 32.5 Å². The van der Waals surface area contributed by atoms with Crippen molar-refractivity contribution in [3.8, 4) is 0 Å². The zero-order valence-electron chi connectivity index (χ0n) is 13.0. The minimum Gasteiger partial charge on any atom is -0.385 e. The molecule has 1 fully saturated rings. The Labute approximate surface area is 136 Å². The van der Waals surface area contributed by atoms with Crippen molar-refractivity contribution < 1.29 is 4.74 Å². The topological polar surface area (TPSA) is 52.0 Å². The third-order valence-electron chi connectivity index (χ3n) is 4.28. The molecule has 0 amide bonds. The molecule has 22 heavy (non-hydrogen) atoms. The van der Waals surface area contributed by atoms with Crippen LogP contribution in [0.5, 0.6) is 0 Å². The first-order valence-electron chi connectivity index (χ1n) is 8.06. The van der Waals surface area contributed by atoms with Gasteiger partial charge in [0.2, 0.25) is 5.28 Å². The molecule has 5 nitrogen and oxygen atoms in total. The van der Waals surface area contributed by atoms with Gasteiger partial charge in [0.1, 0.15) is 5.52 Å². The van der Waals surface area contributed by atoms with Crippen molar-refractivity contribution in [1.29, 1.82) is 0 Å². The van der Waals surface area contributed by atoms with Crippen LogP contribution in [-0.2, 0) is 11.3 Å². The van der Waals surface area contributed by atoms with E-state index in [9.17, 15) is 0 Å². The fourth-order valence-electron chi connectivity index (χ4n) is 3.18. The van der Waals surface area contributed by atoms with Crippen LogP contribution in [-0.4, -0.2) is 34.3 Å². The molecule has 0 unspecified atom stereocenters. The number of aryl methyl sites for hydroxylation is 1. The third-order valence-corrected chi connectivity index (χ3v) is 4.45. The molecule has 6 heteroatoms. The molecular weight excluding hydrogens is 300 g/mol. The molecule has 0 bridgehead atoms. The summed E-state index contributed by atoms with van der Waals surface area (Å²) in [6, 6.07) is 2.49. The quantitative estimate of drug-likeness (QED) is 0.648. The highest BCUT2D eigenvalue weighted by molar-refractivity contribution is 6.28. The molecule has 0 saturated heterocycles. The lowest BCUT2D eigenvalue weighted by Crippen LogP contribution is -2.23. The summed E-state index contributed by atoms with van der Waals surface area (Å²) in [5.74, 6) is 0.865. The predicted octanol–water partition coefficient (Wildman–Crippen LogP) is 3.87. The number of fused-ring (bicyclic) bond motifs is 1. The highest BCUT2D eigenvalue weighted by Crippen LogP contribution is 2.27. The van der Waals surface area contributed by atoms with E-state index in [2.05, 4.69) is 26.0 Å². The summed E-state index contributed by atoms with van der Waals surface area (Å²) in [4.78, 5) is 8.79. The van der Waals surface area contributed by atoms with Gasteiger partial charge in [-0.1, -0.05) is 19.3 Å². The van der Waals surface area contributed by atoms with Gasteiger partial charge < -0.3 is 14.6 Å². The Hall–Kier alpha value is -1.33. The summed E-state index contributed by atoms with van der Waals surface area (Å²) in [6.45, 7) is 1.64. The van der Waals surface area contributed by atoms with Crippen molar-refractivity contribution in [1.82, 2.24) is 14.5 Å². The van der Waals surface area contributed by atoms with Crippen molar-refractivity contribution in [2.24, 2.45) is 0 Å². The number of methoxy groups -OCH3 is 1. The van der Waals surface area contributed by atoms with E-state index in [0.717, 1.165) is 36.4 Å². The maximum atomic E-state index is 6.09. The first-order chi connectivity index (χ1) is 10.8. The number of hydrogen-bond acceptors (Lipinski definition) is 4. The van der Waals surface area contributed by atoms with E-state index in [1.165, 1.54) is 32.1 Å². The van der Waals surface area contributed by atoms with E-state index >= 15 is 0 Å². The molecule has 0 aromatic carbocycles. The second kappa shape index (κ2) is 7.29. The van der Waals surface area contributed by atoms with Crippen LogP contribution in [0.4, 0.5) is 5.82 Å². The van der Waals surface area contributed by atoms with Crippen LogP contribution in [0, 0.1) is 0 Å². The summed E-state index contributed by atoms with van der Waals surface area (Å²) in [6.07, 6.45) is 9.33. The maximum absolute atomic E-state index is 6.09. The van der Waals surface area contributed by atoms with Gasteiger partial charge in [-0.05, 0) is 36.9 Å². The number of aromatic nitrogens is 3. The number of nitrogens with one attached hydrogen (secondary N) is 1. The molecule has 2 aromatic heterocycles. The van der Waals surface area contributed by atoms with Crippen LogP contribution in [0.15, 0.2) is 12.3 Å². The molecular formula is C16H23ClN4O. The van der Waals surface area contributed by atoms with Gasteiger partial charge in [0.15, 0.2) is 5.82 Å². The Kier molecular flexibility index (Phi) is 5.16. The Morgan fingerprint density at radius 3 is 2.91 bits per heavy atom. The lowest BCUT2D eigenvalue weighted by Gasteiger charge is -2.24. The number of anilines is 1. The lowest BCUT2D eigenvalue weighted by atomic mass is 9.95. The van der Waals surface area contributed by atoms with Gasteiger partial charge >= 0.3 is 0 Å². The number of hydrogen-bond donors (Lipinski definition) is 1. The molecule has 120 valence electrons. The molecule has 2 heterocycles. The molecule has 0 spiro atoms. The van der Waals surface area contributed by atoms with Gasteiger partial charge in [-0.2, -0.15) is 4.98 Å². The van der Waals surface area contributed by atoms with Gasteiger partial charge in [-0.25, -0.2) is 4.98 Å². The highest BCUT2D eigenvalue weighted by atomic mass is 35.5. The largest absolute Gasteiger partial charge is 0.385 e. The predicted molar refractivity (Wildman–Crippen MR) is 89.5 cm³/mol. The standard InChI is InChI=1S/C16H23ClN4O/c1-22-11-5-9-21-10-8-13-14(21)15(20-16(17)19-13)18-12-6-3-2-4-7-12/h8,10,12H,2-7,9,11H2,1H3,(H,18,19,20). The molecule has 2 aromatic rings. The fraction of sp³-hybridized carbons (Fsp3) is 0.625. The number of ether oxygens (including phenoxy) is 1. The van der Waals surface area contributed by atoms with E-state index in [1.807, 2.05) is 6.07 Å². The van der Waals surface area contributed by atoms with E-state index in [4.69, 9.17) is 16.3 Å². The van der Waals surface area contributed by atoms with Crippen molar-refractivity contribution >= 4 is 28.5 Å². The van der Waals surface area contributed by atoms with Gasteiger partial charge in [0.05, 0.1) is 5.52 Å². The van der Waals surface area contributed by atoms with Crippen molar-refractivity contribution in [3.63, 3.8) is 0 Å². The maximum Gasteiger partial charge on any atom is 0.225 e. The van der Waals surface area contributed by atoms with Crippen LogP contribution >= 0.6 is 11.6 Å². The summed E-state index contributed by atoms with van der Waals surface area (Å²) < 4.78 is 7.33. The average Bonchev–Trinajstić information content (AvgIpc) is 2.91. The Bertz CT molecular complexity index is 622. The summed E-state index contributed by atoms with van der Waals surface area (Å²) >= 11 is 6.09. The number of halogens is 1. The smallest absolute Gasteiger partial charge is 0.225 e. The van der Waals surface area contributed by atoms with E-state index in [1.54, 1.807) is 7.11 Å². The van der Waals surface area contributed by atoms with Crippen LogP contribution in [0.25, 0.3) is 11.0 Å². The van der Waals surface area contributed by atoms with E-state index in [-0.39, 0.29) is 0 Å². The molecule has 0 atom stereocenters. The van der Waals surface area contributed by atoms with Gasteiger partial charge in [-0.3, -0.25) is 0 Å². The highest BCUT2D eigenvalue weighted by Gasteiger charge is 2.17. The van der Waals surface area contributed by atoms with Crippen molar-refractivity contribution in [2.45, 2.75) is 51.1 Å². The number of nitrogens with zero attached hydrogens (tertiary/aromatic N) is 3. The van der Waals surface area contributed by atoms with Crippen LogP contribution in [0.2, 0.25) is 5.28 Å². The SMILES string of the molecule is COCCCn1ccc2nc(Cl)nc(NC3CCCCC3)c21. The van der Waals surface area contributed by atoms with Crippen LogP contribution in [0.3, 0.4) is 0 Å². The second-order valence-electron chi connectivity index (χ2n) is 5.91. The molecule has 0 radical (unpaired) electrons. The minimum absolute atomic E-state index is 0.306. The van der Waals surface area contributed by atoms with Crippen molar-refractivity contribution in [3.05, 3.63) is 17.5 Å². The minimum atomic E-state index is 0.306. The van der Waals surface area contributed by atoms with Gasteiger partial charge in [0.25, 0.3) is 0 Å². The van der Waals surface area contributed by atoms with Crippen molar-refractivity contribution in [2.75, 3.05) is 19.0 Å².